The fraction of sp³-hybridized carbons (Fsp3) is 0.375. The van der Waals surface area contributed by atoms with Gasteiger partial charge in [-0.15, -0.1) is 0 Å². The van der Waals surface area contributed by atoms with Crippen LogP contribution in [-0.2, 0) is 16.1 Å². The Bertz CT molecular complexity index is 846. The average Bonchev–Trinajstić information content (AvgIpc) is 2.39. The van der Waals surface area contributed by atoms with E-state index in [0.29, 0.717) is 11.1 Å². The lowest BCUT2D eigenvalue weighted by Crippen LogP contribution is -2.33. The van der Waals surface area contributed by atoms with Crippen molar-refractivity contribution in [2.45, 2.75) is 39.8 Å². The molecule has 2 rings (SSSR count). The summed E-state index contributed by atoms with van der Waals surface area (Å²) in [6.45, 7) is 6.47. The molecule has 0 atom stereocenters. The third kappa shape index (κ3) is 3.74. The van der Waals surface area contributed by atoms with Gasteiger partial charge in [-0.05, 0) is 45.9 Å². The molecule has 0 aliphatic rings. The summed E-state index contributed by atoms with van der Waals surface area (Å²) >= 11 is 0. The standard InChI is InChI=1S/C16H18N2O5/c1-9-5-6-10-7-11(15(21)22)14(20)18(13(10)17-9)8-12(19)23-16(2,3)4/h5-7H,8H2,1-4H3,(H,21,22). The molecule has 122 valence electrons. The Hall–Kier alpha value is -2.70. The minimum Gasteiger partial charge on any atom is -0.477 e. The lowest BCUT2D eigenvalue weighted by Gasteiger charge is -2.20. The van der Waals surface area contributed by atoms with Crippen LogP contribution in [0.3, 0.4) is 0 Å². The van der Waals surface area contributed by atoms with E-state index in [1.165, 1.54) is 6.07 Å². The van der Waals surface area contributed by atoms with Crippen LogP contribution in [0.2, 0.25) is 0 Å². The van der Waals surface area contributed by atoms with Crippen LogP contribution in [0.15, 0.2) is 23.0 Å². The summed E-state index contributed by atoms with van der Waals surface area (Å²) in [6, 6.07) is 4.63. The van der Waals surface area contributed by atoms with E-state index in [-0.39, 0.29) is 5.65 Å². The molecule has 2 aromatic rings. The molecule has 0 saturated carbocycles. The van der Waals surface area contributed by atoms with E-state index in [0.717, 1.165) is 4.57 Å². The summed E-state index contributed by atoms with van der Waals surface area (Å²) in [7, 11) is 0. The third-order valence-electron chi connectivity index (χ3n) is 3.01. The van der Waals surface area contributed by atoms with Crippen LogP contribution in [-0.4, -0.2) is 32.2 Å². The quantitative estimate of drug-likeness (QED) is 0.866. The number of carboxylic acids is 1. The second kappa shape index (κ2) is 5.83. The van der Waals surface area contributed by atoms with Crippen molar-refractivity contribution >= 4 is 23.0 Å². The van der Waals surface area contributed by atoms with Crippen molar-refractivity contribution in [1.82, 2.24) is 9.55 Å². The Morgan fingerprint density at radius 2 is 1.96 bits per heavy atom. The smallest absolute Gasteiger partial charge is 0.341 e. The molecule has 0 spiro atoms. The molecule has 0 fully saturated rings. The lowest BCUT2D eigenvalue weighted by molar-refractivity contribution is -0.155. The minimum absolute atomic E-state index is 0.255. The van der Waals surface area contributed by atoms with Gasteiger partial charge in [-0.2, -0.15) is 0 Å². The van der Waals surface area contributed by atoms with Gasteiger partial charge in [0.15, 0.2) is 0 Å². The largest absolute Gasteiger partial charge is 0.477 e. The maximum Gasteiger partial charge on any atom is 0.341 e. The zero-order valence-electron chi connectivity index (χ0n) is 13.4. The number of ether oxygens (including phenoxy) is 1. The average molecular weight is 318 g/mol. The van der Waals surface area contributed by atoms with Gasteiger partial charge in [-0.3, -0.25) is 14.2 Å². The molecule has 0 radical (unpaired) electrons. The Morgan fingerprint density at radius 1 is 1.30 bits per heavy atom. The number of aryl methyl sites for hydroxylation is 1. The number of pyridine rings is 2. The Morgan fingerprint density at radius 3 is 2.52 bits per heavy atom. The molecular formula is C16H18N2O5. The number of hydrogen-bond acceptors (Lipinski definition) is 5. The van der Waals surface area contributed by atoms with Gasteiger partial charge in [0.1, 0.15) is 23.4 Å². The molecular weight excluding hydrogens is 300 g/mol. The van der Waals surface area contributed by atoms with Crippen LogP contribution >= 0.6 is 0 Å². The number of carbonyl (C=O) groups is 2. The Kier molecular flexibility index (Phi) is 4.22. The van der Waals surface area contributed by atoms with Crippen molar-refractivity contribution in [1.29, 1.82) is 0 Å². The number of carboxylic acid groups (broad SMARTS) is 1. The van der Waals surface area contributed by atoms with Crippen LogP contribution < -0.4 is 5.56 Å². The summed E-state index contributed by atoms with van der Waals surface area (Å²) < 4.78 is 6.24. The van der Waals surface area contributed by atoms with Crippen LogP contribution in [0.4, 0.5) is 0 Å². The monoisotopic (exact) mass is 318 g/mol. The number of carbonyl (C=O) groups excluding carboxylic acids is 1. The first-order valence-corrected chi connectivity index (χ1v) is 7.05. The van der Waals surface area contributed by atoms with Crippen LogP contribution in [0.5, 0.6) is 0 Å². The fourth-order valence-electron chi connectivity index (χ4n) is 2.14. The molecule has 0 bridgehead atoms. The second-order valence-electron chi connectivity index (χ2n) is 6.21. The molecule has 0 amide bonds. The number of hydrogen-bond donors (Lipinski definition) is 1. The van der Waals surface area contributed by atoms with Gasteiger partial charge in [-0.1, -0.05) is 0 Å². The number of rotatable bonds is 3. The fourth-order valence-corrected chi connectivity index (χ4v) is 2.14. The maximum absolute atomic E-state index is 12.4. The van der Waals surface area contributed by atoms with Gasteiger partial charge >= 0.3 is 11.9 Å². The van der Waals surface area contributed by atoms with E-state index in [4.69, 9.17) is 4.74 Å². The van der Waals surface area contributed by atoms with E-state index in [9.17, 15) is 19.5 Å². The first kappa shape index (κ1) is 16.7. The lowest BCUT2D eigenvalue weighted by atomic mass is 10.2. The van der Waals surface area contributed by atoms with Gasteiger partial charge in [0.25, 0.3) is 5.56 Å². The van der Waals surface area contributed by atoms with Crippen molar-refractivity contribution in [3.8, 4) is 0 Å². The zero-order chi connectivity index (χ0) is 17.4. The molecule has 2 aromatic heterocycles. The number of esters is 1. The third-order valence-corrected chi connectivity index (χ3v) is 3.01. The first-order valence-electron chi connectivity index (χ1n) is 7.05. The first-order chi connectivity index (χ1) is 10.6. The molecule has 0 aliphatic carbocycles. The molecule has 0 aliphatic heterocycles. The van der Waals surface area contributed by atoms with Crippen molar-refractivity contribution in [2.75, 3.05) is 0 Å². The van der Waals surface area contributed by atoms with E-state index in [1.54, 1.807) is 39.8 Å². The highest BCUT2D eigenvalue weighted by atomic mass is 16.6. The number of aromatic nitrogens is 2. The van der Waals surface area contributed by atoms with E-state index in [2.05, 4.69) is 4.98 Å². The number of fused-ring (bicyclic) bond motifs is 1. The van der Waals surface area contributed by atoms with Crippen molar-refractivity contribution in [3.63, 3.8) is 0 Å². The summed E-state index contributed by atoms with van der Waals surface area (Å²) in [5, 5.41) is 9.64. The van der Waals surface area contributed by atoms with Crippen LogP contribution in [0.1, 0.15) is 36.8 Å². The van der Waals surface area contributed by atoms with Gasteiger partial charge in [0.05, 0.1) is 0 Å². The van der Waals surface area contributed by atoms with Gasteiger partial charge in [0, 0.05) is 11.1 Å². The van der Waals surface area contributed by atoms with Gasteiger partial charge in [-0.25, -0.2) is 9.78 Å². The second-order valence-corrected chi connectivity index (χ2v) is 6.21. The van der Waals surface area contributed by atoms with Crippen molar-refractivity contribution in [3.05, 3.63) is 39.8 Å². The van der Waals surface area contributed by atoms with Gasteiger partial charge < -0.3 is 9.84 Å². The highest BCUT2D eigenvalue weighted by Crippen LogP contribution is 2.14. The molecule has 0 saturated heterocycles. The van der Waals surface area contributed by atoms with Crippen LogP contribution in [0.25, 0.3) is 11.0 Å². The summed E-state index contributed by atoms with van der Waals surface area (Å²) in [6.07, 6.45) is 0. The SMILES string of the molecule is Cc1ccc2cc(C(=O)O)c(=O)n(CC(=O)OC(C)(C)C)c2n1. The summed E-state index contributed by atoms with van der Waals surface area (Å²) in [5.74, 6) is -1.98. The minimum atomic E-state index is -1.35. The molecule has 1 N–H and O–H groups in total. The molecule has 7 nitrogen and oxygen atoms in total. The molecule has 0 unspecified atom stereocenters. The summed E-state index contributed by atoms with van der Waals surface area (Å²) in [5.41, 5.74) is -0.992. The highest BCUT2D eigenvalue weighted by Gasteiger charge is 2.21. The van der Waals surface area contributed by atoms with E-state index < -0.39 is 35.2 Å². The highest BCUT2D eigenvalue weighted by molar-refractivity contribution is 5.92. The molecule has 23 heavy (non-hydrogen) atoms. The van der Waals surface area contributed by atoms with Gasteiger partial charge in [0.2, 0.25) is 0 Å². The van der Waals surface area contributed by atoms with E-state index >= 15 is 0 Å². The molecule has 2 heterocycles. The van der Waals surface area contributed by atoms with E-state index in [1.807, 2.05) is 0 Å². The number of aromatic carboxylic acids is 1. The predicted molar refractivity (Wildman–Crippen MR) is 83.5 cm³/mol. The van der Waals surface area contributed by atoms with Crippen molar-refractivity contribution < 1.29 is 19.4 Å². The zero-order valence-corrected chi connectivity index (χ0v) is 13.4. The Labute approximate surface area is 132 Å². The molecule has 0 aromatic carbocycles. The molecule has 7 heteroatoms. The maximum atomic E-state index is 12.4. The summed E-state index contributed by atoms with van der Waals surface area (Å²) in [4.78, 5) is 39.9. The number of nitrogens with zero attached hydrogens (tertiary/aromatic N) is 2. The van der Waals surface area contributed by atoms with Crippen LogP contribution in [0, 0.1) is 6.92 Å². The normalized spacial score (nSPS) is 11.5. The van der Waals surface area contributed by atoms with Crippen molar-refractivity contribution in [2.24, 2.45) is 0 Å². The Balaban J connectivity index is 2.62. The topological polar surface area (TPSA) is 98.5 Å². The predicted octanol–water partition coefficient (Wildman–Crippen LogP) is 1.74.